The van der Waals surface area contributed by atoms with Crippen LogP contribution in [0.15, 0.2) is 97.3 Å². The first-order chi connectivity index (χ1) is 28.3. The van der Waals surface area contributed by atoms with E-state index in [4.69, 9.17) is 29.3 Å². The third-order valence-corrected chi connectivity index (χ3v) is 9.84. The number of pyridine rings is 2. The molecule has 324 valence electrons. The molecule has 0 saturated carbocycles. The standard InChI is InChI=1S/2C18H19N3O3S.C2H2O4.I3.HI/c2*1-21(16-4-2-3-9-19-16)10-11-24-14-7-5-13(6-8-14)12-15-17(22)20-18(23)25-15;3-1(4)2(5)6;1-3-2;/h2*2-9,15H,10-12H2,1H3,(H,20,22,23);(H,3,4)(H,5,6);;1H/q;;;-1;. The number of carbonyl (C=O) groups is 6. The summed E-state index contributed by atoms with van der Waals surface area (Å²) < 4.78 is 11.5. The number of benzene rings is 2. The van der Waals surface area contributed by atoms with Crippen LogP contribution in [0.1, 0.15) is 11.1 Å². The molecule has 0 aliphatic carbocycles. The molecule has 0 radical (unpaired) electrons. The molecule has 2 aliphatic rings. The van der Waals surface area contributed by atoms with Crippen molar-refractivity contribution in [3.8, 4) is 11.5 Å². The summed E-state index contributed by atoms with van der Waals surface area (Å²) in [4.78, 5) is 76.4. The number of ether oxygens (including phenoxy) is 2. The van der Waals surface area contributed by atoms with Crippen LogP contribution in [0.2, 0.25) is 0 Å². The second kappa shape index (κ2) is 29.1. The van der Waals surface area contributed by atoms with E-state index in [1.165, 1.54) is 0 Å². The molecule has 2 aromatic carbocycles. The number of carboxylic acid groups (broad SMARTS) is 2. The van der Waals surface area contributed by atoms with E-state index < -0.39 is 11.9 Å². The summed E-state index contributed by atoms with van der Waals surface area (Å²) >= 11 is 7.39. The monoisotopic (exact) mass is 1310 g/mol. The maximum absolute atomic E-state index is 11.6. The molecule has 4 N–H and O–H groups in total. The van der Waals surface area contributed by atoms with Crippen LogP contribution in [0.25, 0.3) is 0 Å². The summed E-state index contributed by atoms with van der Waals surface area (Å²) in [5, 5.41) is 18.2. The minimum atomic E-state index is -1.82. The molecule has 2 atom stereocenters. The first-order valence-electron chi connectivity index (χ1n) is 17.3. The van der Waals surface area contributed by atoms with Crippen molar-refractivity contribution in [2.45, 2.75) is 23.3 Å². The van der Waals surface area contributed by atoms with Crippen molar-refractivity contribution in [2.75, 3.05) is 50.2 Å². The Hall–Kier alpha value is -3.22. The number of anilines is 2. The van der Waals surface area contributed by atoms with Gasteiger partial charge in [0.25, 0.3) is 10.5 Å². The summed E-state index contributed by atoms with van der Waals surface area (Å²) in [6.07, 6.45) is 4.60. The van der Waals surface area contributed by atoms with Gasteiger partial charge in [0.15, 0.2) is 0 Å². The SMILES string of the molecule is CN(CCOc1ccc(CC2SC(=O)NC2=O)cc1)c1ccccn1.CN(CCOc1ccc(CC2SC(=O)NC2=O)cc1)c1ccccn1.I.I[I-]I.O=C(O)C(=O)O. The molecular weight excluding hydrogens is 1270 g/mol. The molecular formula is C38H41I4N6O10S2-. The zero-order valence-corrected chi connectivity index (χ0v) is 42.4. The molecule has 2 fully saturated rings. The van der Waals surface area contributed by atoms with Crippen molar-refractivity contribution in [3.63, 3.8) is 0 Å². The number of carboxylic acids is 2. The van der Waals surface area contributed by atoms with Gasteiger partial charge in [0.2, 0.25) is 11.8 Å². The molecule has 22 heteroatoms. The second-order valence-electron chi connectivity index (χ2n) is 12.0. The van der Waals surface area contributed by atoms with Gasteiger partial charge in [0.1, 0.15) is 36.3 Å². The van der Waals surface area contributed by atoms with E-state index in [1.807, 2.05) is 109 Å². The summed E-state index contributed by atoms with van der Waals surface area (Å²) in [5.41, 5.74) is 2.00. The Morgan fingerprint density at radius 3 is 1.28 bits per heavy atom. The largest absolute Gasteiger partial charge is 0.473 e. The normalized spacial score (nSPS) is 14.9. The first kappa shape index (κ1) is 52.9. The van der Waals surface area contributed by atoms with E-state index in [0.29, 0.717) is 39.3 Å². The first-order valence-corrected chi connectivity index (χ1v) is 31.7. The molecule has 0 bridgehead atoms. The third-order valence-electron chi connectivity index (χ3n) is 7.88. The van der Waals surface area contributed by atoms with Crippen LogP contribution < -0.4 is 43.2 Å². The van der Waals surface area contributed by atoms with Crippen molar-refractivity contribution in [1.29, 1.82) is 0 Å². The van der Waals surface area contributed by atoms with Crippen molar-refractivity contribution < 1.29 is 61.7 Å². The van der Waals surface area contributed by atoms with Gasteiger partial charge in [-0.1, -0.05) is 59.9 Å². The number of imide groups is 2. The molecule has 2 aliphatic heterocycles. The molecule has 4 amide bonds. The molecule has 6 rings (SSSR count). The topological polar surface area (TPSA) is 218 Å². The van der Waals surface area contributed by atoms with Gasteiger partial charge in [-0.15, -0.1) is 24.0 Å². The van der Waals surface area contributed by atoms with E-state index in [1.54, 1.807) is 12.4 Å². The minimum absolute atomic E-state index is 0. The Kier molecular flexibility index (Phi) is 25.7. The molecule has 0 spiro atoms. The third kappa shape index (κ3) is 20.1. The maximum Gasteiger partial charge on any atom is 0.414 e. The molecule has 16 nitrogen and oxygen atoms in total. The summed E-state index contributed by atoms with van der Waals surface area (Å²) in [5.74, 6) is -0.715. The van der Waals surface area contributed by atoms with E-state index in [9.17, 15) is 19.2 Å². The Morgan fingerprint density at radius 2 is 1.02 bits per heavy atom. The Morgan fingerprint density at radius 1 is 0.667 bits per heavy atom. The van der Waals surface area contributed by atoms with Crippen molar-refractivity contribution in [2.24, 2.45) is 0 Å². The molecule has 4 heterocycles. The van der Waals surface area contributed by atoms with Gasteiger partial charge in [0.05, 0.1) is 23.6 Å². The number of hydrogen-bond acceptors (Lipinski definition) is 14. The zero-order valence-electron chi connectivity index (χ0n) is 31.9. The molecule has 4 aromatic rings. The van der Waals surface area contributed by atoms with Crippen LogP contribution in [-0.2, 0) is 32.0 Å². The van der Waals surface area contributed by atoms with Gasteiger partial charge in [-0.3, -0.25) is 29.8 Å². The van der Waals surface area contributed by atoms with Gasteiger partial charge in [-0.05, 0) is 72.5 Å². The second-order valence-corrected chi connectivity index (χ2v) is 30.6. The average Bonchev–Trinajstić information content (AvgIpc) is 3.73. The fourth-order valence-corrected chi connectivity index (χ4v) is 6.64. The smallest absolute Gasteiger partial charge is 0.414 e. The number of thioether (sulfide) groups is 2. The zero-order chi connectivity index (χ0) is 43.2. The minimum Gasteiger partial charge on any atom is -0.473 e. The van der Waals surface area contributed by atoms with E-state index in [-0.39, 0.29) is 56.8 Å². The number of aliphatic carboxylic acids is 2. The number of carbonyl (C=O) groups excluding carboxylic acids is 4. The number of nitrogens with one attached hydrogen (secondary N) is 2. The average molecular weight is 1310 g/mol. The Balaban J connectivity index is 0.000000340. The van der Waals surface area contributed by atoms with E-state index in [2.05, 4.69) is 57.8 Å². The van der Waals surface area contributed by atoms with Crippen molar-refractivity contribution in [1.82, 2.24) is 20.6 Å². The predicted octanol–water partition coefficient (Wildman–Crippen LogP) is 3.53. The van der Waals surface area contributed by atoms with Crippen LogP contribution in [0.4, 0.5) is 21.2 Å². The number of aromatic nitrogens is 2. The van der Waals surface area contributed by atoms with Crippen LogP contribution in [0.5, 0.6) is 11.5 Å². The van der Waals surface area contributed by atoms with Crippen LogP contribution in [0.3, 0.4) is 0 Å². The van der Waals surface area contributed by atoms with Crippen molar-refractivity contribution >= 4 is 131 Å². The number of likely N-dealkylation sites (N-methyl/N-ethyl adjacent to an activating group) is 2. The molecule has 2 aromatic heterocycles. The number of amides is 4. The van der Waals surface area contributed by atoms with Gasteiger partial charge in [0, 0.05) is 26.5 Å². The summed E-state index contributed by atoms with van der Waals surface area (Å²) in [6, 6.07) is 26.8. The summed E-state index contributed by atoms with van der Waals surface area (Å²) in [6.45, 7) is 2.53. The number of hydrogen-bond donors (Lipinski definition) is 4. The van der Waals surface area contributed by atoms with E-state index in [0.717, 1.165) is 70.9 Å². The fourth-order valence-electron chi connectivity index (χ4n) is 4.92. The van der Waals surface area contributed by atoms with Gasteiger partial charge < -0.3 is 29.5 Å². The number of nitrogens with zero attached hydrogens (tertiary/aromatic N) is 4. The molecule has 2 unspecified atom stereocenters. The van der Waals surface area contributed by atoms with Crippen LogP contribution in [-0.4, -0.2) is 105 Å². The number of rotatable bonds is 14. The van der Waals surface area contributed by atoms with E-state index >= 15 is 0 Å². The quantitative estimate of drug-likeness (QED) is 0.105. The van der Waals surface area contributed by atoms with Gasteiger partial charge >= 0.3 is 62.4 Å². The van der Waals surface area contributed by atoms with Crippen LogP contribution >= 0.6 is 84.7 Å². The fraction of sp³-hybridized carbons (Fsp3) is 0.263. The molecule has 2 saturated heterocycles. The number of halogens is 4. The predicted molar refractivity (Wildman–Crippen MR) is 255 cm³/mol. The Labute approximate surface area is 402 Å². The van der Waals surface area contributed by atoms with Gasteiger partial charge in [-0.25, -0.2) is 19.6 Å². The van der Waals surface area contributed by atoms with Crippen molar-refractivity contribution in [3.05, 3.63) is 108 Å². The van der Waals surface area contributed by atoms with Crippen LogP contribution in [0, 0.1) is 0 Å². The summed E-state index contributed by atoms with van der Waals surface area (Å²) in [7, 11) is 3.95. The Bertz CT molecular complexity index is 1840. The maximum atomic E-state index is 11.6. The van der Waals surface area contributed by atoms with Gasteiger partial charge in [-0.2, -0.15) is 0 Å². The molecule has 60 heavy (non-hydrogen) atoms.